The van der Waals surface area contributed by atoms with Gasteiger partial charge in [-0.05, 0) is 147 Å². The first-order chi connectivity index (χ1) is 39.4. The van der Waals surface area contributed by atoms with E-state index in [1.54, 1.807) is 12.3 Å². The lowest BCUT2D eigenvalue weighted by Gasteiger charge is -2.42. The second-order valence-electron chi connectivity index (χ2n) is 22.9. The third-order valence-corrected chi connectivity index (χ3v) is 15.1. The van der Waals surface area contributed by atoms with Gasteiger partial charge in [0.25, 0.3) is 0 Å². The highest BCUT2D eigenvalue weighted by Crippen LogP contribution is 2.53. The van der Waals surface area contributed by atoms with Crippen molar-refractivity contribution in [2.75, 3.05) is 16.5 Å². The summed E-state index contributed by atoms with van der Waals surface area (Å²) in [5.41, 5.74) is 8.82. The van der Waals surface area contributed by atoms with Gasteiger partial charge in [-0.25, -0.2) is 4.98 Å². The highest BCUT2D eigenvalue weighted by Gasteiger charge is 2.38. The zero-order chi connectivity index (χ0) is 58.8. The Hall–Kier alpha value is -7.89. The van der Waals surface area contributed by atoms with E-state index in [-0.39, 0.29) is 48.8 Å². The van der Waals surface area contributed by atoms with Gasteiger partial charge in [-0.2, -0.15) is 0 Å². The molecule has 8 aromatic carbocycles. The van der Waals surface area contributed by atoms with Crippen LogP contribution in [0.4, 0.5) is 22.7 Å². The van der Waals surface area contributed by atoms with Gasteiger partial charge in [0.1, 0.15) is 24.0 Å². The van der Waals surface area contributed by atoms with Gasteiger partial charge in [-0.1, -0.05) is 177 Å². The Morgan fingerprint density at radius 1 is 0.600 bits per heavy atom. The minimum atomic E-state index is -1.57. The van der Waals surface area contributed by atoms with Gasteiger partial charge in [0.2, 0.25) is 0 Å². The van der Waals surface area contributed by atoms with Crippen molar-refractivity contribution < 1.29 is 15.7 Å². The molecule has 12 rings (SSSR count). The van der Waals surface area contributed by atoms with E-state index < -0.39 is 22.6 Å². The molecule has 0 atom stereocenters. The average Bonchev–Trinajstić information content (AvgIpc) is 2.77. The number of anilines is 4. The van der Waals surface area contributed by atoms with Crippen molar-refractivity contribution in [1.82, 2.24) is 9.55 Å². The van der Waals surface area contributed by atoms with Gasteiger partial charge in [-0.3, -0.25) is 4.57 Å². The molecule has 5 heteroatoms. The number of benzene rings is 8. The molecule has 0 saturated carbocycles. The van der Waals surface area contributed by atoms with Crippen molar-refractivity contribution in [3.8, 4) is 50.7 Å². The second-order valence-corrected chi connectivity index (χ2v) is 22.9. The number of nitrogens with zero attached hydrogens (tertiary/aromatic N) is 4. The van der Waals surface area contributed by atoms with Crippen LogP contribution in [0.1, 0.15) is 108 Å². The number of hydrogen-bond donors (Lipinski definition) is 0. The summed E-state index contributed by atoms with van der Waals surface area (Å²) in [6.07, 6.45) is 1.74. The normalized spacial score (nSPS) is 16.6. The second kappa shape index (κ2) is 18.5. The summed E-state index contributed by atoms with van der Waals surface area (Å²) in [4.78, 5) is 9.15. The van der Waals surface area contributed by atoms with E-state index in [0.717, 1.165) is 62.8 Å². The molecule has 1 aliphatic carbocycles. The van der Waals surface area contributed by atoms with E-state index in [9.17, 15) is 8.22 Å². The average molecular weight is 989 g/mol. The molecule has 5 nitrogen and oxygen atoms in total. The number of para-hydroxylation sites is 4. The highest BCUT2D eigenvalue weighted by atomic mass is 16.5. The zero-order valence-electron chi connectivity index (χ0n) is 52.4. The van der Waals surface area contributed by atoms with Crippen molar-refractivity contribution in [2.24, 2.45) is 5.92 Å². The summed E-state index contributed by atoms with van der Waals surface area (Å²) < 4.78 is 86.9. The Kier molecular flexibility index (Phi) is 9.75. The van der Waals surface area contributed by atoms with Gasteiger partial charge in [0.15, 0.2) is 0 Å². The maximum atomic E-state index is 10.3. The van der Waals surface area contributed by atoms with Crippen LogP contribution in [0.2, 0.25) is 0 Å². The summed E-state index contributed by atoms with van der Waals surface area (Å²) in [6, 6.07) is 49.6. The SMILES string of the molecule is [2H]c1c([2H])c2c(c([2H])c1-c1cccc(-c3c([2H])c(-c4ccccc4)c([2H])c(C(C)(C)C)c3[2H])c1N1CN(c3cccc(Oc4ccc5c6ccccc6n(-c6cc(C([2H])([2H])C(C)C)ccn6)c5c4)c3)c3ccccc31)C(C)(C)CCC2(C)C. The Morgan fingerprint density at radius 3 is 2.04 bits per heavy atom. The molecular weight excluding hydrogens is 913 g/mol. The quantitative estimate of drug-likeness (QED) is 0.137. The van der Waals surface area contributed by atoms with Crippen LogP contribution in [0.15, 0.2) is 194 Å². The Labute approximate surface area is 455 Å². The summed E-state index contributed by atoms with van der Waals surface area (Å²) in [5, 5.41) is 2.04. The molecule has 1 aliphatic heterocycles. The summed E-state index contributed by atoms with van der Waals surface area (Å²) in [7, 11) is 0. The third-order valence-electron chi connectivity index (χ3n) is 15.1. The molecule has 0 bridgehead atoms. The molecule has 0 radical (unpaired) electrons. The van der Waals surface area contributed by atoms with Gasteiger partial charge < -0.3 is 14.5 Å². The predicted molar refractivity (Wildman–Crippen MR) is 316 cm³/mol. The molecule has 0 saturated heterocycles. The molecule has 2 aliphatic rings. The zero-order valence-corrected chi connectivity index (χ0v) is 44.4. The van der Waals surface area contributed by atoms with Crippen LogP contribution in [0.3, 0.4) is 0 Å². The molecular formula is C70H68N4O. The molecule has 2 aromatic heterocycles. The lowest BCUT2D eigenvalue weighted by molar-refractivity contribution is 0.332. The van der Waals surface area contributed by atoms with Crippen LogP contribution in [0, 0.1) is 5.92 Å². The number of ether oxygens (including phenoxy) is 1. The number of pyridine rings is 1. The first kappa shape index (κ1) is 39.6. The molecule has 0 amide bonds. The van der Waals surface area contributed by atoms with Gasteiger partial charge in [0.05, 0.1) is 36.3 Å². The number of aromatic nitrogens is 2. The van der Waals surface area contributed by atoms with Crippen LogP contribution < -0.4 is 14.5 Å². The summed E-state index contributed by atoms with van der Waals surface area (Å²) >= 11 is 0. The van der Waals surface area contributed by atoms with Crippen LogP contribution in [0.5, 0.6) is 11.5 Å². The molecule has 0 N–H and O–H groups in total. The predicted octanol–water partition coefficient (Wildman–Crippen LogP) is 19.1. The van der Waals surface area contributed by atoms with E-state index in [1.165, 1.54) is 0 Å². The first-order valence-electron chi connectivity index (χ1n) is 30.3. The highest BCUT2D eigenvalue weighted by molar-refractivity contribution is 6.09. The molecule has 10 aromatic rings. The molecule has 3 heterocycles. The van der Waals surface area contributed by atoms with Crippen molar-refractivity contribution in [3.05, 3.63) is 216 Å². The molecule has 374 valence electrons. The van der Waals surface area contributed by atoms with Crippen LogP contribution in [-0.2, 0) is 22.6 Å². The monoisotopic (exact) mass is 989 g/mol. The van der Waals surface area contributed by atoms with Crippen LogP contribution in [-0.4, -0.2) is 16.2 Å². The van der Waals surface area contributed by atoms with Crippen molar-refractivity contribution in [3.63, 3.8) is 0 Å². The van der Waals surface area contributed by atoms with Crippen molar-refractivity contribution in [1.29, 1.82) is 0 Å². The Bertz CT molecular complexity index is 4250. The fourth-order valence-electron chi connectivity index (χ4n) is 11.1. The maximum Gasteiger partial charge on any atom is 0.137 e. The topological polar surface area (TPSA) is 33.5 Å². The molecule has 75 heavy (non-hydrogen) atoms. The smallest absolute Gasteiger partial charge is 0.137 e. The summed E-state index contributed by atoms with van der Waals surface area (Å²) in [5.74, 6) is 1.54. The minimum absolute atomic E-state index is 0.0377. The minimum Gasteiger partial charge on any atom is -0.457 e. The lowest BCUT2D eigenvalue weighted by atomic mass is 9.63. The van der Waals surface area contributed by atoms with Crippen LogP contribution >= 0.6 is 0 Å². The standard InChI is InChI=1S/C70H68N4O/c1-46(2)37-47-33-36-71-66(38-47)74-62-26-14-13-23-58(62)59-31-30-55(44-65(59)74)75-54-22-17-21-53(43-54)72-45-73(64-28-16-15-27-63(64)72)67-56(49-29-32-60-61(42-49)70(8,9)35-34-69(60,6)7)24-18-25-57(67)51-39-50(48-19-11-10-12-20-48)40-52(41-51)68(3,4)5/h10-33,36,38-44,46H,34-35,37,45H2,1-9H3/i29D,32D,37D2,39D,40D,41D,42D. The van der Waals surface area contributed by atoms with Gasteiger partial charge in [-0.15, -0.1) is 0 Å². The Morgan fingerprint density at radius 2 is 1.27 bits per heavy atom. The molecule has 0 fully saturated rings. The maximum absolute atomic E-state index is 10.3. The van der Waals surface area contributed by atoms with Crippen molar-refractivity contribution >= 4 is 44.6 Å². The first-order valence-corrected chi connectivity index (χ1v) is 26.3. The molecule has 0 spiro atoms. The number of fused-ring (bicyclic) bond motifs is 5. The van der Waals surface area contributed by atoms with Crippen molar-refractivity contribution in [2.45, 2.75) is 97.8 Å². The van der Waals surface area contributed by atoms with Gasteiger partial charge in [0, 0.05) is 48.7 Å². The van der Waals surface area contributed by atoms with Crippen LogP contribution in [0.25, 0.3) is 61.0 Å². The summed E-state index contributed by atoms with van der Waals surface area (Å²) in [6.45, 7) is 18.5. The fourth-order valence-corrected chi connectivity index (χ4v) is 11.1. The van der Waals surface area contributed by atoms with E-state index in [4.69, 9.17) is 12.5 Å². The number of rotatable bonds is 10. The molecule has 0 unspecified atom stereocenters. The van der Waals surface area contributed by atoms with E-state index in [1.807, 2.05) is 150 Å². The van der Waals surface area contributed by atoms with E-state index >= 15 is 0 Å². The fraction of sp³-hybridized carbons (Fsp3) is 0.243. The number of hydrogen-bond acceptors (Lipinski definition) is 4. The largest absolute Gasteiger partial charge is 0.457 e. The van der Waals surface area contributed by atoms with E-state index in [2.05, 4.69) is 72.4 Å². The Balaban J connectivity index is 1.03. The third kappa shape index (κ3) is 8.86. The van der Waals surface area contributed by atoms with E-state index in [0.29, 0.717) is 67.5 Å². The lowest BCUT2D eigenvalue weighted by Crippen LogP contribution is -2.33. The van der Waals surface area contributed by atoms with Gasteiger partial charge >= 0.3 is 0 Å².